The van der Waals surface area contributed by atoms with E-state index in [9.17, 15) is 41.9 Å². The number of hydrogen-bond acceptors (Lipinski definition) is 18. The molecule has 3 unspecified atom stereocenters. The predicted molar refractivity (Wildman–Crippen MR) is 457 cm³/mol. The normalized spacial score (nSPS) is 12.5. The topological polar surface area (TPSA) is 322 Å². The number of carbonyl (C=O) groups is 3. The Balaban J connectivity index is 0.000000155. The van der Waals surface area contributed by atoms with Gasteiger partial charge >= 0.3 is 0 Å². The van der Waals surface area contributed by atoms with E-state index in [-0.39, 0.29) is 107 Å². The van der Waals surface area contributed by atoms with Crippen molar-refractivity contribution in [2.24, 2.45) is 35.0 Å². The molecule has 0 saturated heterocycles. The zero-order valence-electron chi connectivity index (χ0n) is 66.8. The van der Waals surface area contributed by atoms with E-state index in [2.05, 4.69) is 31.9 Å². The van der Waals surface area contributed by atoms with E-state index in [1.165, 1.54) is 80.8 Å². The molecule has 0 spiro atoms. The van der Waals surface area contributed by atoms with Gasteiger partial charge < -0.3 is 58.4 Å². The lowest BCUT2D eigenvalue weighted by atomic mass is 9.99. The maximum absolute atomic E-state index is 14.3. The van der Waals surface area contributed by atoms with Crippen molar-refractivity contribution in [3.8, 4) is 0 Å². The van der Waals surface area contributed by atoms with Gasteiger partial charge in [0.2, 0.25) is 16.7 Å². The van der Waals surface area contributed by atoms with Crippen molar-refractivity contribution in [3.05, 3.63) is 295 Å². The minimum Gasteiger partial charge on any atom is -0.466 e. The fourth-order valence-corrected chi connectivity index (χ4v) is 15.7. The van der Waals surface area contributed by atoms with Crippen LogP contribution in [0.25, 0.3) is 66.2 Å². The molecule has 0 radical (unpaired) electrons. The van der Waals surface area contributed by atoms with E-state index < -0.39 is 52.3 Å². The van der Waals surface area contributed by atoms with Gasteiger partial charge in [-0.3, -0.25) is 42.5 Å². The van der Waals surface area contributed by atoms with Gasteiger partial charge in [0.1, 0.15) is 98.0 Å². The van der Waals surface area contributed by atoms with Crippen molar-refractivity contribution < 1.29 is 54.1 Å². The summed E-state index contributed by atoms with van der Waals surface area (Å²) in [7, 11) is 0. The molecule has 15 rings (SSSR count). The Morgan fingerprint density at radius 2 is 0.731 bits per heavy atom. The predicted octanol–water partition coefficient (Wildman–Crippen LogP) is 18.0. The van der Waals surface area contributed by atoms with Gasteiger partial charge in [-0.25, -0.2) is 28.1 Å². The summed E-state index contributed by atoms with van der Waals surface area (Å²) in [5.74, 6) is -0.0993. The lowest BCUT2D eigenvalue weighted by molar-refractivity contribution is 0.0596. The van der Waals surface area contributed by atoms with Crippen LogP contribution in [0.3, 0.4) is 0 Å². The van der Waals surface area contributed by atoms with Crippen molar-refractivity contribution in [1.82, 2.24) is 43.4 Å². The van der Waals surface area contributed by atoms with Crippen molar-refractivity contribution in [2.75, 3.05) is 39.3 Å². The first-order valence-corrected chi connectivity index (χ1v) is 40.8. The first kappa shape index (κ1) is 85.4. The minimum absolute atomic E-state index is 0.00189. The second-order valence-corrected chi connectivity index (χ2v) is 32.5. The number of hydrogen-bond donors (Lipinski definition) is 3. The highest BCUT2D eigenvalue weighted by atomic mass is 79.9. The van der Waals surface area contributed by atoms with Crippen molar-refractivity contribution in [1.29, 1.82) is 0 Å². The molecule has 9 heterocycles. The fourth-order valence-electron chi connectivity index (χ4n) is 14.8. The largest absolute Gasteiger partial charge is 0.466 e. The lowest BCUT2D eigenvalue weighted by Crippen LogP contribution is -2.43. The van der Waals surface area contributed by atoms with E-state index in [1.54, 1.807) is 75.4 Å². The number of carbonyl (C=O) groups excluding carboxylic acids is 3. The van der Waals surface area contributed by atoms with Crippen molar-refractivity contribution in [2.45, 2.75) is 113 Å². The molecule has 0 bridgehead atoms. The van der Waals surface area contributed by atoms with Crippen LogP contribution < -0.4 is 33.9 Å². The summed E-state index contributed by atoms with van der Waals surface area (Å²) in [6, 6.07) is 39.0. The Labute approximate surface area is 702 Å². The van der Waals surface area contributed by atoms with Crippen LogP contribution in [0.4, 0.5) is 13.2 Å². The highest BCUT2D eigenvalue weighted by Gasteiger charge is 2.38. The molecule has 0 aliphatic carbocycles. The lowest BCUT2D eigenvalue weighted by Gasteiger charge is -2.35. The Kier molecular flexibility index (Phi) is 26.4. The number of fused-ring (bicyclic) bond motifs is 9. The second-order valence-electron chi connectivity index (χ2n) is 30.2. The average Bonchev–Trinajstić information content (AvgIpc) is 1.63. The van der Waals surface area contributed by atoms with Crippen LogP contribution in [0.1, 0.15) is 155 Å². The molecule has 119 heavy (non-hydrogen) atoms. The number of rotatable bonds is 26. The maximum Gasteiger partial charge on any atom is 0.297 e. The highest BCUT2D eigenvalue weighted by Crippen LogP contribution is 2.38. The molecule has 6 aromatic carbocycles. The zero-order valence-corrected chi connectivity index (χ0v) is 70.7. The molecule has 618 valence electrons. The number of nitrogens with two attached hydrogens (primary N) is 3. The molecule has 3 atom stereocenters. The number of nitrogens with zero attached hydrogens (tertiary/aromatic N) is 9. The summed E-state index contributed by atoms with van der Waals surface area (Å²) >= 11 is 12.8. The molecule has 24 nitrogen and oxygen atoms in total. The van der Waals surface area contributed by atoms with E-state index in [1.807, 2.05) is 98.7 Å². The van der Waals surface area contributed by atoms with Gasteiger partial charge in [-0.2, -0.15) is 0 Å². The first-order chi connectivity index (χ1) is 57.0. The third kappa shape index (κ3) is 18.4. The maximum atomic E-state index is 14.3. The molecule has 9 aromatic heterocycles. The standard InChI is InChI=1S/C30H30BrFN4O4.C30H30ClFN4O4.C29H28BrFN4O4/c1-17(2)26(35(12-4-11-33)29(37)19-7-5-18(3)6-8-19)28-34-25-23-14-21(32)9-10-24(23)40-27(25)30(38)36(28)15-22-13-20(31)16-39-22;1-17(2)26(35(14-4-13-33)29(37)19-7-5-18(3)6-8-19)28-34-25-22-15-20(32)9-11-23(22)40-27(25)30(38)36(28)16-21-10-12-24(31)39-21;1-16(2)25(34(11-10-32)28(36)18-6-4-17(3)5-7-18)27-33-24-22-13-20(31)8-9-23(22)39-26(24)29(37)35(27)14-21-12-19(30)15-38-21/h5-10,13-14,16-17,26H,4,11-12,15,33H2,1-3H3;5-12,15,17,26H,4,13-14,16,33H2,1-3H3;4-9,12-13,15-16,25H,10-11,14,32H2,1-3H3. The van der Waals surface area contributed by atoms with E-state index in [0.29, 0.717) is 123 Å². The molecular weight excluding hydrogens is 1680 g/mol. The number of benzene rings is 6. The average molecular weight is 1770 g/mol. The molecule has 0 aliphatic heterocycles. The van der Waals surface area contributed by atoms with E-state index >= 15 is 0 Å². The molecule has 15 aromatic rings. The summed E-state index contributed by atoms with van der Waals surface area (Å²) in [6.07, 6.45) is 4.15. The minimum atomic E-state index is -0.642. The molecule has 3 amide bonds. The smallest absolute Gasteiger partial charge is 0.297 e. The quantitative estimate of drug-likeness (QED) is 0.0453. The molecular formula is C89H88Br2ClF3N12O12. The summed E-state index contributed by atoms with van der Waals surface area (Å²) in [5.41, 5.74) is 22.7. The van der Waals surface area contributed by atoms with Gasteiger partial charge in [-0.05, 0) is 223 Å². The van der Waals surface area contributed by atoms with Gasteiger partial charge in [0, 0.05) is 59.0 Å². The Morgan fingerprint density at radius 1 is 0.420 bits per heavy atom. The summed E-state index contributed by atoms with van der Waals surface area (Å²) < 4.78 is 83.0. The SMILES string of the molecule is Cc1ccc(C(=O)N(CCCN)C(c2nc3c(oc4ccc(F)cc43)c(=O)n2Cc2cc(Br)co2)C(C)C)cc1.Cc1ccc(C(=O)N(CCCN)C(c2nc3c(oc4ccc(F)cc43)c(=O)n2Cc2ccc(Cl)o2)C(C)C)cc1.Cc1ccc(C(=O)N(CCN)C(c2nc3c(oc4ccc(F)cc43)c(=O)n2Cc2cc(Br)co2)C(C)C)cc1. The number of furan rings is 6. The Morgan fingerprint density at radius 3 is 1.00 bits per heavy atom. The number of amides is 3. The van der Waals surface area contributed by atoms with Crippen LogP contribution >= 0.6 is 43.5 Å². The zero-order chi connectivity index (χ0) is 84.9. The Hall–Kier alpha value is -11.5. The van der Waals surface area contributed by atoms with Gasteiger partial charge in [0.05, 0.1) is 46.7 Å². The van der Waals surface area contributed by atoms with Crippen molar-refractivity contribution >= 4 is 127 Å². The monoisotopic (exact) mass is 1770 g/mol. The van der Waals surface area contributed by atoms with Crippen LogP contribution in [0, 0.1) is 56.0 Å². The third-order valence-corrected chi connectivity index (χ3v) is 21.5. The van der Waals surface area contributed by atoms with Crippen LogP contribution in [-0.4, -0.2) is 100 Å². The number of halogens is 6. The number of aromatic nitrogens is 6. The van der Waals surface area contributed by atoms with E-state index in [4.69, 9.17) is 70.3 Å². The van der Waals surface area contributed by atoms with Gasteiger partial charge in [-0.1, -0.05) is 94.6 Å². The second kappa shape index (κ2) is 36.8. The highest BCUT2D eigenvalue weighted by molar-refractivity contribution is 9.10. The molecule has 0 saturated carbocycles. The van der Waals surface area contributed by atoms with Gasteiger partial charge in [-0.15, -0.1) is 0 Å². The van der Waals surface area contributed by atoms with E-state index in [0.717, 1.165) is 25.6 Å². The molecule has 0 fully saturated rings. The van der Waals surface area contributed by atoms with Crippen molar-refractivity contribution in [3.63, 3.8) is 0 Å². The molecule has 30 heteroatoms. The molecule has 6 N–H and O–H groups in total. The first-order valence-electron chi connectivity index (χ1n) is 38.8. The summed E-state index contributed by atoms with van der Waals surface area (Å²) in [4.78, 5) is 104. The Bertz CT molecular complexity index is 6170. The van der Waals surface area contributed by atoms with Crippen LogP contribution in [0.2, 0.25) is 5.22 Å². The van der Waals surface area contributed by atoms with Gasteiger partial charge in [0.15, 0.2) is 5.22 Å². The fraction of sp³-hybridized carbons (Fsp3) is 0.292. The summed E-state index contributed by atoms with van der Waals surface area (Å²) in [5, 5.41) is 1.33. The molecule has 0 aliphatic rings. The summed E-state index contributed by atoms with van der Waals surface area (Å²) in [6.45, 7) is 19.6. The van der Waals surface area contributed by atoms with Crippen LogP contribution in [-0.2, 0) is 19.6 Å². The van der Waals surface area contributed by atoms with Gasteiger partial charge in [0.25, 0.3) is 34.4 Å². The third-order valence-electron chi connectivity index (χ3n) is 20.5. The van der Waals surface area contributed by atoms with Crippen LogP contribution in [0.5, 0.6) is 0 Å². The van der Waals surface area contributed by atoms with Crippen LogP contribution in [0.15, 0.2) is 214 Å². The number of aryl methyl sites for hydroxylation is 3.